The van der Waals surface area contributed by atoms with Crippen LogP contribution in [0.4, 0.5) is 5.69 Å². The predicted octanol–water partition coefficient (Wildman–Crippen LogP) is 2.36. The van der Waals surface area contributed by atoms with Crippen molar-refractivity contribution in [2.75, 3.05) is 18.0 Å². The molecule has 0 aliphatic carbocycles. The van der Waals surface area contributed by atoms with E-state index in [2.05, 4.69) is 4.98 Å². The van der Waals surface area contributed by atoms with Gasteiger partial charge in [0.2, 0.25) is 5.91 Å². The van der Waals surface area contributed by atoms with E-state index in [1.165, 1.54) is 17.0 Å². The van der Waals surface area contributed by atoms with Crippen LogP contribution in [0.15, 0.2) is 42.5 Å². The monoisotopic (exact) mass is 367 g/mol. The van der Waals surface area contributed by atoms with Crippen molar-refractivity contribution < 1.29 is 19.5 Å². The number of aromatic nitrogens is 1. The summed E-state index contributed by atoms with van der Waals surface area (Å²) in [5.74, 6) is -1.57. The summed E-state index contributed by atoms with van der Waals surface area (Å²) in [6.07, 6.45) is 0.541. The van der Waals surface area contributed by atoms with Gasteiger partial charge in [0, 0.05) is 18.8 Å². The Kier molecular flexibility index (Phi) is 5.21. The van der Waals surface area contributed by atoms with E-state index < -0.39 is 12.0 Å². The summed E-state index contributed by atoms with van der Waals surface area (Å²) < 4.78 is 0. The van der Waals surface area contributed by atoms with E-state index >= 15 is 0 Å². The molecule has 0 saturated carbocycles. The molecule has 1 unspecified atom stereocenters. The summed E-state index contributed by atoms with van der Waals surface area (Å²) in [7, 11) is 0. The number of carboxylic acids is 1. The van der Waals surface area contributed by atoms with Crippen LogP contribution in [0.25, 0.3) is 0 Å². The topological polar surface area (TPSA) is 90.8 Å². The van der Waals surface area contributed by atoms with Crippen LogP contribution in [0.5, 0.6) is 0 Å². The molecule has 0 radical (unpaired) electrons. The van der Waals surface area contributed by atoms with Gasteiger partial charge in [-0.15, -0.1) is 0 Å². The molecule has 1 aliphatic rings. The first-order valence-corrected chi connectivity index (χ1v) is 8.82. The molecule has 1 aliphatic heterocycles. The summed E-state index contributed by atoms with van der Waals surface area (Å²) in [5, 5.41) is 9.11. The summed E-state index contributed by atoms with van der Waals surface area (Å²) >= 11 is 0. The first kappa shape index (κ1) is 18.6. The van der Waals surface area contributed by atoms with Crippen molar-refractivity contribution in [1.82, 2.24) is 9.88 Å². The van der Waals surface area contributed by atoms with Crippen LogP contribution in [0, 0.1) is 6.92 Å². The molecule has 0 bridgehead atoms. The summed E-state index contributed by atoms with van der Waals surface area (Å²) in [4.78, 5) is 44.3. The Bertz CT molecular complexity index is 882. The van der Waals surface area contributed by atoms with Gasteiger partial charge in [-0.25, -0.2) is 9.78 Å². The minimum absolute atomic E-state index is 0.0572. The van der Waals surface area contributed by atoms with Crippen molar-refractivity contribution in [3.05, 3.63) is 59.4 Å². The molecule has 1 aromatic heterocycles. The Morgan fingerprint density at radius 1 is 1.22 bits per heavy atom. The van der Waals surface area contributed by atoms with Gasteiger partial charge < -0.3 is 14.9 Å². The lowest BCUT2D eigenvalue weighted by molar-refractivity contribution is -0.120. The van der Waals surface area contributed by atoms with Gasteiger partial charge in [-0.1, -0.05) is 18.2 Å². The number of anilines is 1. The zero-order valence-electron chi connectivity index (χ0n) is 15.3. The first-order valence-electron chi connectivity index (χ1n) is 8.82. The molecule has 0 spiro atoms. The Balaban J connectivity index is 1.83. The van der Waals surface area contributed by atoms with Crippen LogP contribution in [-0.4, -0.2) is 51.9 Å². The van der Waals surface area contributed by atoms with Gasteiger partial charge in [0.15, 0.2) is 0 Å². The largest absolute Gasteiger partial charge is 0.478 e. The molecule has 2 aromatic rings. The average Bonchev–Trinajstić information content (AvgIpc) is 3.04. The van der Waals surface area contributed by atoms with E-state index in [4.69, 9.17) is 5.11 Å². The standard InChI is InChI=1S/C20H21N3O4/c1-3-22(18(24)16-10-9-15(20(26)27)13(2)21-16)17-11-12-23(19(17)25)14-7-5-4-6-8-14/h4-10,17H,3,11-12H2,1-2H3,(H,26,27). The molecule has 1 N–H and O–H groups in total. The highest BCUT2D eigenvalue weighted by atomic mass is 16.4. The highest BCUT2D eigenvalue weighted by Gasteiger charge is 2.38. The van der Waals surface area contributed by atoms with Gasteiger partial charge in [-0.05, 0) is 44.5 Å². The number of carboxylic acid groups (broad SMARTS) is 1. The van der Waals surface area contributed by atoms with Gasteiger partial charge in [-0.3, -0.25) is 9.59 Å². The van der Waals surface area contributed by atoms with Crippen molar-refractivity contribution in [2.24, 2.45) is 0 Å². The van der Waals surface area contributed by atoms with Crippen LogP contribution in [0.3, 0.4) is 0 Å². The van der Waals surface area contributed by atoms with Gasteiger partial charge in [0.25, 0.3) is 5.91 Å². The van der Waals surface area contributed by atoms with Crippen LogP contribution in [0.2, 0.25) is 0 Å². The number of para-hydroxylation sites is 1. The van der Waals surface area contributed by atoms with Crippen molar-refractivity contribution in [3.63, 3.8) is 0 Å². The van der Waals surface area contributed by atoms with Gasteiger partial charge in [0.1, 0.15) is 11.7 Å². The van der Waals surface area contributed by atoms with Crippen LogP contribution >= 0.6 is 0 Å². The lowest BCUT2D eigenvalue weighted by Crippen LogP contribution is -2.45. The van der Waals surface area contributed by atoms with Gasteiger partial charge in [0.05, 0.1) is 11.3 Å². The third-order valence-corrected chi connectivity index (χ3v) is 4.76. The Morgan fingerprint density at radius 3 is 2.52 bits per heavy atom. The maximum Gasteiger partial charge on any atom is 0.337 e. The van der Waals surface area contributed by atoms with Gasteiger partial charge in [-0.2, -0.15) is 0 Å². The molecule has 1 saturated heterocycles. The lowest BCUT2D eigenvalue weighted by atomic mass is 10.1. The fourth-order valence-electron chi connectivity index (χ4n) is 3.38. The summed E-state index contributed by atoms with van der Waals surface area (Å²) in [6, 6.07) is 11.6. The number of rotatable bonds is 5. The van der Waals surface area contributed by atoms with Crippen molar-refractivity contribution in [1.29, 1.82) is 0 Å². The number of nitrogens with zero attached hydrogens (tertiary/aromatic N) is 3. The highest BCUT2D eigenvalue weighted by Crippen LogP contribution is 2.25. The van der Waals surface area contributed by atoms with E-state index in [1.807, 2.05) is 37.3 Å². The zero-order chi connectivity index (χ0) is 19.6. The lowest BCUT2D eigenvalue weighted by Gasteiger charge is -2.26. The number of likely N-dealkylation sites (N-methyl/N-ethyl adjacent to an activating group) is 1. The molecule has 1 fully saturated rings. The van der Waals surface area contributed by atoms with Crippen LogP contribution < -0.4 is 4.90 Å². The maximum absolute atomic E-state index is 12.9. The number of pyridine rings is 1. The SMILES string of the molecule is CCN(C(=O)c1ccc(C(=O)O)c(C)n1)C1CCN(c2ccccc2)C1=O. The van der Waals surface area contributed by atoms with Gasteiger partial charge >= 0.3 is 5.97 Å². The molecule has 2 amide bonds. The molecule has 1 aromatic carbocycles. The maximum atomic E-state index is 12.9. The Hall–Kier alpha value is -3.22. The smallest absolute Gasteiger partial charge is 0.337 e. The molecule has 2 heterocycles. The molecule has 7 heteroatoms. The second-order valence-corrected chi connectivity index (χ2v) is 6.36. The molecule has 27 heavy (non-hydrogen) atoms. The van der Waals surface area contributed by atoms with E-state index in [0.717, 1.165) is 5.69 Å². The van der Waals surface area contributed by atoms with E-state index in [9.17, 15) is 14.4 Å². The normalized spacial score (nSPS) is 16.4. The van der Waals surface area contributed by atoms with Crippen molar-refractivity contribution in [3.8, 4) is 0 Å². The minimum atomic E-state index is -1.09. The average molecular weight is 367 g/mol. The number of aromatic carboxylic acids is 1. The second-order valence-electron chi connectivity index (χ2n) is 6.36. The fourth-order valence-corrected chi connectivity index (χ4v) is 3.38. The number of carbonyl (C=O) groups is 3. The predicted molar refractivity (Wildman–Crippen MR) is 99.8 cm³/mol. The third-order valence-electron chi connectivity index (χ3n) is 4.76. The second kappa shape index (κ2) is 7.57. The van der Waals surface area contributed by atoms with E-state index in [0.29, 0.717) is 19.5 Å². The number of hydrogen-bond donors (Lipinski definition) is 1. The number of hydrogen-bond acceptors (Lipinski definition) is 4. The number of aryl methyl sites for hydroxylation is 1. The molecule has 3 rings (SSSR count). The summed E-state index contributed by atoms with van der Waals surface area (Å²) in [6.45, 7) is 4.27. The number of benzene rings is 1. The molecular weight excluding hydrogens is 346 g/mol. The molecular formula is C20H21N3O4. The first-order chi connectivity index (χ1) is 12.9. The fraction of sp³-hybridized carbons (Fsp3) is 0.300. The van der Waals surface area contributed by atoms with Crippen molar-refractivity contribution in [2.45, 2.75) is 26.3 Å². The molecule has 7 nitrogen and oxygen atoms in total. The Labute approximate surface area is 157 Å². The minimum Gasteiger partial charge on any atom is -0.478 e. The summed E-state index contributed by atoms with van der Waals surface area (Å²) in [5.41, 5.74) is 1.29. The van der Waals surface area contributed by atoms with Crippen LogP contribution in [-0.2, 0) is 4.79 Å². The van der Waals surface area contributed by atoms with Crippen molar-refractivity contribution >= 4 is 23.5 Å². The Morgan fingerprint density at radius 2 is 1.93 bits per heavy atom. The van der Waals surface area contributed by atoms with Crippen LogP contribution in [0.1, 0.15) is 39.9 Å². The number of carbonyl (C=O) groups excluding carboxylic acids is 2. The quantitative estimate of drug-likeness (QED) is 0.876. The molecule has 1 atom stereocenters. The zero-order valence-corrected chi connectivity index (χ0v) is 15.3. The highest BCUT2D eigenvalue weighted by molar-refractivity contribution is 6.03. The molecule has 140 valence electrons. The number of amides is 2. The van der Waals surface area contributed by atoms with E-state index in [-0.39, 0.29) is 28.8 Å². The van der Waals surface area contributed by atoms with E-state index in [1.54, 1.807) is 11.8 Å². The third kappa shape index (κ3) is 3.53.